The smallest absolute Gasteiger partial charge is 0.120 e. The molecule has 2 atom stereocenters. The van der Waals surface area contributed by atoms with Gasteiger partial charge in [-0.05, 0) is 145 Å². The molecule has 4 aromatic rings. The summed E-state index contributed by atoms with van der Waals surface area (Å²) in [5.41, 5.74) is 6.91. The normalized spacial score (nSPS) is 12.4. The summed E-state index contributed by atoms with van der Waals surface area (Å²) in [6.45, 7) is 15.7. The molecule has 0 heterocycles. The van der Waals surface area contributed by atoms with Gasteiger partial charge in [-0.1, -0.05) is 98.1 Å². The van der Waals surface area contributed by atoms with Gasteiger partial charge in [-0.3, -0.25) is 0 Å². The summed E-state index contributed by atoms with van der Waals surface area (Å²) in [5.74, 6) is 4.59. The van der Waals surface area contributed by atoms with Gasteiger partial charge in [0, 0.05) is 8.95 Å². The van der Waals surface area contributed by atoms with E-state index in [0.29, 0.717) is 25.0 Å². The average molecular weight is 809 g/mol. The van der Waals surface area contributed by atoms with Crippen molar-refractivity contribution < 1.29 is 18.9 Å². The molecule has 0 aliphatic rings. The van der Waals surface area contributed by atoms with E-state index in [1.54, 1.807) is 0 Å². The zero-order valence-electron chi connectivity index (χ0n) is 31.0. The van der Waals surface area contributed by atoms with Crippen molar-refractivity contribution in [3.8, 4) is 34.1 Å². The maximum Gasteiger partial charge on any atom is 0.120 e. The van der Waals surface area contributed by atoms with Crippen LogP contribution in [0.3, 0.4) is 0 Å². The highest BCUT2D eigenvalue weighted by molar-refractivity contribution is 9.10. The summed E-state index contributed by atoms with van der Waals surface area (Å²) in [4.78, 5) is 0. The van der Waals surface area contributed by atoms with E-state index in [4.69, 9.17) is 18.9 Å². The lowest BCUT2D eigenvalue weighted by molar-refractivity contribution is 0.232. The zero-order valence-corrected chi connectivity index (χ0v) is 34.1. The van der Waals surface area contributed by atoms with Crippen LogP contribution in [0, 0.1) is 25.7 Å². The van der Waals surface area contributed by atoms with E-state index < -0.39 is 0 Å². The van der Waals surface area contributed by atoms with E-state index in [2.05, 4.69) is 97.7 Å². The molecule has 0 radical (unpaired) electrons. The maximum absolute atomic E-state index is 6.40. The Morgan fingerprint density at radius 3 is 1.16 bits per heavy atom. The zero-order chi connectivity index (χ0) is 35.9. The van der Waals surface area contributed by atoms with Gasteiger partial charge in [0.15, 0.2) is 0 Å². The quantitative estimate of drug-likeness (QED) is 0.0840. The van der Waals surface area contributed by atoms with Crippen molar-refractivity contribution in [1.82, 2.24) is 0 Å². The molecule has 0 fully saturated rings. The molecule has 4 aromatic carbocycles. The molecule has 50 heavy (non-hydrogen) atoms. The molecule has 0 bridgehead atoms. The molecular formula is C44H56Br2O4. The van der Waals surface area contributed by atoms with Gasteiger partial charge in [0.05, 0.1) is 13.2 Å². The molecule has 0 aliphatic heterocycles. The minimum atomic E-state index is 0.430. The van der Waals surface area contributed by atoms with Gasteiger partial charge in [-0.15, -0.1) is 0 Å². The Bertz CT molecular complexity index is 1480. The van der Waals surface area contributed by atoms with E-state index in [0.717, 1.165) is 69.1 Å². The highest BCUT2D eigenvalue weighted by Crippen LogP contribution is 2.38. The second-order valence-corrected chi connectivity index (χ2v) is 15.3. The van der Waals surface area contributed by atoms with E-state index >= 15 is 0 Å². The predicted molar refractivity (Wildman–Crippen MR) is 216 cm³/mol. The monoisotopic (exact) mass is 806 g/mol. The highest BCUT2D eigenvalue weighted by atomic mass is 79.9. The largest absolute Gasteiger partial charge is 0.493 e. The van der Waals surface area contributed by atoms with E-state index in [1.807, 2.05) is 48.5 Å². The number of rotatable bonds is 21. The van der Waals surface area contributed by atoms with Gasteiger partial charge in [-0.25, -0.2) is 0 Å². The first-order valence-corrected chi connectivity index (χ1v) is 20.1. The molecule has 0 aromatic heterocycles. The SMILES string of the molecule is CCCCC(CC)COc1ccc(OCc2cc(Br)cc(C)c2-c2c(C)cc(Br)cc2COc2ccc(OCC(CC)CCCC)cc2)cc1. The lowest BCUT2D eigenvalue weighted by Crippen LogP contribution is -2.11. The van der Waals surface area contributed by atoms with Crippen LogP contribution in [0.4, 0.5) is 0 Å². The standard InChI is InChI=1S/C44H56Br2O4/c1-7-11-13-33(9-3)27-47-39-15-19-41(20-16-39)49-29-35-25-37(45)23-31(5)43(35)44-32(6)24-38(46)26-36(44)30-50-42-21-17-40(18-22-42)48-28-34(10-4)14-12-8-2/h15-26,33-34H,7-14,27-30H2,1-6H3. The van der Waals surface area contributed by atoms with E-state index in [9.17, 15) is 0 Å². The lowest BCUT2D eigenvalue weighted by Gasteiger charge is -2.21. The fraction of sp³-hybridized carbons (Fsp3) is 0.455. The Balaban J connectivity index is 1.47. The van der Waals surface area contributed by atoms with Crippen LogP contribution in [0.25, 0.3) is 11.1 Å². The molecule has 0 spiro atoms. The second kappa shape index (κ2) is 20.8. The van der Waals surface area contributed by atoms with Gasteiger partial charge in [0.25, 0.3) is 0 Å². The van der Waals surface area contributed by atoms with Gasteiger partial charge in [0.2, 0.25) is 0 Å². The topological polar surface area (TPSA) is 36.9 Å². The predicted octanol–water partition coefficient (Wildman–Crippen LogP) is 13.8. The fourth-order valence-electron chi connectivity index (χ4n) is 6.38. The van der Waals surface area contributed by atoms with Crippen molar-refractivity contribution in [3.05, 3.63) is 104 Å². The Morgan fingerprint density at radius 1 is 0.500 bits per heavy atom. The first kappa shape index (κ1) is 39.8. The van der Waals surface area contributed by atoms with Crippen LogP contribution in [0.5, 0.6) is 23.0 Å². The molecule has 0 saturated carbocycles. The molecule has 0 saturated heterocycles. The number of hydrogen-bond donors (Lipinski definition) is 0. The van der Waals surface area contributed by atoms with Gasteiger partial charge in [0.1, 0.15) is 36.2 Å². The summed E-state index contributed by atoms with van der Waals surface area (Å²) >= 11 is 7.48. The Labute approximate surface area is 318 Å². The van der Waals surface area contributed by atoms with Crippen LogP contribution in [0.2, 0.25) is 0 Å². The third-order valence-corrected chi connectivity index (χ3v) is 10.4. The van der Waals surface area contributed by atoms with Gasteiger partial charge >= 0.3 is 0 Å². The van der Waals surface area contributed by atoms with Crippen molar-refractivity contribution in [2.24, 2.45) is 11.8 Å². The molecule has 2 unspecified atom stereocenters. The summed E-state index contributed by atoms with van der Waals surface area (Å²) in [6.07, 6.45) is 9.67. The number of benzene rings is 4. The minimum absolute atomic E-state index is 0.430. The van der Waals surface area contributed by atoms with Crippen molar-refractivity contribution in [1.29, 1.82) is 0 Å². The van der Waals surface area contributed by atoms with Crippen LogP contribution in [-0.2, 0) is 13.2 Å². The molecule has 6 heteroatoms. The third kappa shape index (κ3) is 12.1. The van der Waals surface area contributed by atoms with E-state index in [1.165, 1.54) is 60.8 Å². The lowest BCUT2D eigenvalue weighted by atomic mass is 9.89. The Morgan fingerprint density at radius 2 is 0.840 bits per heavy atom. The third-order valence-electron chi connectivity index (χ3n) is 9.51. The molecule has 4 rings (SSSR count). The van der Waals surface area contributed by atoms with E-state index in [-0.39, 0.29) is 0 Å². The van der Waals surface area contributed by atoms with Crippen LogP contribution in [0.15, 0.2) is 81.7 Å². The summed E-state index contributed by atoms with van der Waals surface area (Å²) < 4.78 is 27.1. The molecule has 0 aliphatic carbocycles. The van der Waals surface area contributed by atoms with Gasteiger partial charge in [-0.2, -0.15) is 0 Å². The molecule has 0 amide bonds. The van der Waals surface area contributed by atoms with Crippen LogP contribution in [0.1, 0.15) is 101 Å². The highest BCUT2D eigenvalue weighted by Gasteiger charge is 2.18. The van der Waals surface area contributed by atoms with Crippen molar-refractivity contribution in [2.75, 3.05) is 13.2 Å². The molecule has 270 valence electrons. The second-order valence-electron chi connectivity index (χ2n) is 13.5. The summed E-state index contributed by atoms with van der Waals surface area (Å²) in [6, 6.07) is 24.7. The van der Waals surface area contributed by atoms with Crippen LogP contribution in [-0.4, -0.2) is 13.2 Å². The molecule has 0 N–H and O–H groups in total. The molecular weight excluding hydrogens is 752 g/mol. The summed E-state index contributed by atoms with van der Waals surface area (Å²) in [5, 5.41) is 0. The number of aryl methyl sites for hydroxylation is 2. The number of hydrogen-bond acceptors (Lipinski definition) is 4. The number of unbranched alkanes of at least 4 members (excludes halogenated alkanes) is 2. The van der Waals surface area contributed by atoms with Crippen molar-refractivity contribution in [3.63, 3.8) is 0 Å². The van der Waals surface area contributed by atoms with Crippen LogP contribution < -0.4 is 18.9 Å². The first-order valence-electron chi connectivity index (χ1n) is 18.5. The molecule has 4 nitrogen and oxygen atoms in total. The Kier molecular flexibility index (Phi) is 16.5. The fourth-order valence-corrected chi connectivity index (χ4v) is 7.62. The number of halogens is 2. The minimum Gasteiger partial charge on any atom is -0.493 e. The van der Waals surface area contributed by atoms with Crippen molar-refractivity contribution >= 4 is 31.9 Å². The average Bonchev–Trinajstić information content (AvgIpc) is 3.11. The Hall–Kier alpha value is -2.96. The van der Waals surface area contributed by atoms with Crippen molar-refractivity contribution in [2.45, 2.75) is 106 Å². The number of ether oxygens (including phenoxy) is 4. The maximum atomic E-state index is 6.40. The van der Waals surface area contributed by atoms with Gasteiger partial charge < -0.3 is 18.9 Å². The van der Waals surface area contributed by atoms with Crippen LogP contribution >= 0.6 is 31.9 Å². The summed E-state index contributed by atoms with van der Waals surface area (Å²) in [7, 11) is 0. The first-order chi connectivity index (χ1) is 24.2.